The number of nitrogens with zero attached hydrogens (tertiary/aromatic N) is 2. The molecule has 0 saturated carbocycles. The minimum Gasteiger partial charge on any atom is -0.465 e. The van der Waals surface area contributed by atoms with Gasteiger partial charge in [0, 0.05) is 13.1 Å². The van der Waals surface area contributed by atoms with E-state index in [0.29, 0.717) is 19.5 Å². The molecule has 5 nitrogen and oxygen atoms in total. The van der Waals surface area contributed by atoms with E-state index in [1.165, 1.54) is 4.90 Å². The smallest absolute Gasteiger partial charge is 0.434 e. The van der Waals surface area contributed by atoms with Gasteiger partial charge in [-0.3, -0.25) is 4.79 Å². The zero-order valence-corrected chi connectivity index (χ0v) is 15.0. The van der Waals surface area contributed by atoms with Gasteiger partial charge in [0.15, 0.2) is 5.69 Å². The lowest BCUT2D eigenvalue weighted by Gasteiger charge is -2.33. The molecule has 10 heteroatoms. The third-order valence-corrected chi connectivity index (χ3v) is 4.16. The first kappa shape index (κ1) is 21.0. The third-order valence-electron chi connectivity index (χ3n) is 4.16. The van der Waals surface area contributed by atoms with Crippen molar-refractivity contribution in [2.75, 3.05) is 20.2 Å². The Balaban J connectivity index is 2.90. The van der Waals surface area contributed by atoms with Gasteiger partial charge in [0.25, 0.3) is 12.3 Å². The number of alkyl halides is 5. The van der Waals surface area contributed by atoms with Crippen molar-refractivity contribution in [3.05, 3.63) is 28.1 Å². The van der Waals surface area contributed by atoms with Gasteiger partial charge < -0.3 is 9.64 Å². The zero-order chi connectivity index (χ0) is 20.5. The van der Waals surface area contributed by atoms with Gasteiger partial charge >= 0.3 is 12.1 Å². The second-order valence-corrected chi connectivity index (χ2v) is 6.61. The number of halogens is 5. The number of carbonyl (C=O) groups is 2. The standard InChI is InChI=1S/C17H19F5N2O3/c1-8(2)7-9-10(15(25)24-5-4-6-24)12(14(18)19)23-13(17(20,21)22)11(9)16(26)27-3/h8,14H,4-7H2,1-3H3. The number of pyridine rings is 1. The molecule has 1 aliphatic heterocycles. The Labute approximate surface area is 152 Å². The van der Waals surface area contributed by atoms with Crippen molar-refractivity contribution in [1.29, 1.82) is 0 Å². The predicted molar refractivity (Wildman–Crippen MR) is 84.6 cm³/mol. The highest BCUT2D eigenvalue weighted by atomic mass is 19.4. The Kier molecular flexibility index (Phi) is 6.06. The number of ether oxygens (including phenoxy) is 1. The summed E-state index contributed by atoms with van der Waals surface area (Å²) in [4.78, 5) is 29.1. The molecule has 0 radical (unpaired) electrons. The highest BCUT2D eigenvalue weighted by molar-refractivity contribution is 6.02. The molecule has 1 aromatic heterocycles. The quantitative estimate of drug-likeness (QED) is 0.562. The van der Waals surface area contributed by atoms with E-state index in [9.17, 15) is 31.5 Å². The molecule has 0 aromatic carbocycles. The molecule has 1 saturated heterocycles. The Hall–Kier alpha value is -2.26. The number of methoxy groups -OCH3 is 1. The molecule has 1 amide bonds. The Morgan fingerprint density at radius 2 is 1.78 bits per heavy atom. The monoisotopic (exact) mass is 394 g/mol. The first-order chi connectivity index (χ1) is 12.5. The summed E-state index contributed by atoms with van der Waals surface area (Å²) in [6, 6.07) is 0. The van der Waals surface area contributed by atoms with E-state index >= 15 is 0 Å². The Morgan fingerprint density at radius 1 is 1.19 bits per heavy atom. The average molecular weight is 394 g/mol. The fraction of sp³-hybridized carbons (Fsp3) is 0.588. The van der Waals surface area contributed by atoms with E-state index in [0.717, 1.165) is 7.11 Å². The van der Waals surface area contributed by atoms with Crippen LogP contribution in [0.4, 0.5) is 22.0 Å². The molecule has 0 spiro atoms. The zero-order valence-electron chi connectivity index (χ0n) is 15.0. The molecule has 1 aliphatic rings. The molecule has 0 atom stereocenters. The number of rotatable bonds is 5. The van der Waals surface area contributed by atoms with Gasteiger partial charge in [-0.2, -0.15) is 13.2 Å². The van der Waals surface area contributed by atoms with Gasteiger partial charge in [-0.1, -0.05) is 13.8 Å². The topological polar surface area (TPSA) is 59.5 Å². The maximum Gasteiger partial charge on any atom is 0.434 e. The first-order valence-electron chi connectivity index (χ1n) is 8.28. The van der Waals surface area contributed by atoms with Crippen molar-refractivity contribution >= 4 is 11.9 Å². The largest absolute Gasteiger partial charge is 0.465 e. The number of aromatic nitrogens is 1. The predicted octanol–water partition coefficient (Wildman–Crippen LogP) is 3.87. The summed E-state index contributed by atoms with van der Waals surface area (Å²) < 4.78 is 71.9. The fourth-order valence-electron chi connectivity index (χ4n) is 2.87. The summed E-state index contributed by atoms with van der Waals surface area (Å²) in [5.41, 5.74) is -5.03. The molecule has 1 aromatic rings. The van der Waals surface area contributed by atoms with Crippen molar-refractivity contribution < 1.29 is 36.3 Å². The Bertz CT molecular complexity index is 743. The molecule has 1 fully saturated rings. The van der Waals surface area contributed by atoms with Crippen LogP contribution in [-0.2, 0) is 17.3 Å². The summed E-state index contributed by atoms with van der Waals surface area (Å²) in [5.74, 6) is -2.53. The maximum absolute atomic E-state index is 13.6. The van der Waals surface area contributed by atoms with Crippen molar-refractivity contribution in [2.45, 2.75) is 39.3 Å². The summed E-state index contributed by atoms with van der Waals surface area (Å²) >= 11 is 0. The van der Waals surface area contributed by atoms with Gasteiger partial charge in [-0.25, -0.2) is 18.6 Å². The first-order valence-corrected chi connectivity index (χ1v) is 8.28. The molecule has 27 heavy (non-hydrogen) atoms. The van der Waals surface area contributed by atoms with E-state index in [-0.39, 0.29) is 12.3 Å². The number of hydrogen-bond acceptors (Lipinski definition) is 4. The summed E-state index contributed by atoms with van der Waals surface area (Å²) in [5, 5.41) is 0. The molecule has 0 unspecified atom stereocenters. The van der Waals surface area contributed by atoms with Crippen LogP contribution < -0.4 is 0 Å². The lowest BCUT2D eigenvalue weighted by atomic mass is 9.90. The van der Waals surface area contributed by atoms with Crippen LogP contribution in [0, 0.1) is 5.92 Å². The fourth-order valence-corrected chi connectivity index (χ4v) is 2.87. The van der Waals surface area contributed by atoms with Crippen molar-refractivity contribution in [3.63, 3.8) is 0 Å². The highest BCUT2D eigenvalue weighted by Gasteiger charge is 2.43. The number of amides is 1. The van der Waals surface area contributed by atoms with Crippen LogP contribution in [0.1, 0.15) is 64.4 Å². The van der Waals surface area contributed by atoms with Gasteiger partial charge in [0.2, 0.25) is 0 Å². The summed E-state index contributed by atoms with van der Waals surface area (Å²) in [6.07, 6.45) is -8.11. The lowest BCUT2D eigenvalue weighted by molar-refractivity contribution is -0.142. The van der Waals surface area contributed by atoms with Gasteiger partial charge in [0.1, 0.15) is 5.69 Å². The lowest BCUT2D eigenvalue weighted by Crippen LogP contribution is -2.43. The molecule has 0 bridgehead atoms. The number of esters is 1. The number of carbonyl (C=O) groups excluding carboxylic acids is 2. The number of likely N-dealkylation sites (tertiary alicyclic amines) is 1. The molecular formula is C17H19F5N2O3. The second-order valence-electron chi connectivity index (χ2n) is 6.61. The molecule has 0 N–H and O–H groups in total. The van der Waals surface area contributed by atoms with Gasteiger partial charge in [-0.15, -0.1) is 0 Å². The van der Waals surface area contributed by atoms with Crippen LogP contribution >= 0.6 is 0 Å². The van der Waals surface area contributed by atoms with Gasteiger partial charge in [-0.05, 0) is 24.3 Å². The van der Waals surface area contributed by atoms with Crippen LogP contribution in [0.2, 0.25) is 0 Å². The van der Waals surface area contributed by atoms with Crippen LogP contribution in [0.3, 0.4) is 0 Å². The van der Waals surface area contributed by atoms with Crippen LogP contribution in [0.15, 0.2) is 0 Å². The van der Waals surface area contributed by atoms with E-state index < -0.39 is 52.6 Å². The van der Waals surface area contributed by atoms with Crippen molar-refractivity contribution in [3.8, 4) is 0 Å². The van der Waals surface area contributed by atoms with E-state index in [1.807, 2.05) is 0 Å². The minimum atomic E-state index is -5.17. The van der Waals surface area contributed by atoms with Gasteiger partial charge in [0.05, 0.1) is 18.2 Å². The van der Waals surface area contributed by atoms with Crippen molar-refractivity contribution in [1.82, 2.24) is 9.88 Å². The van der Waals surface area contributed by atoms with E-state index in [1.54, 1.807) is 13.8 Å². The van der Waals surface area contributed by atoms with Crippen LogP contribution in [0.5, 0.6) is 0 Å². The highest BCUT2D eigenvalue weighted by Crippen LogP contribution is 2.38. The molecule has 2 rings (SSSR count). The molecule has 2 heterocycles. The SMILES string of the molecule is COC(=O)c1c(C(F)(F)F)nc(C(F)F)c(C(=O)N2CCC2)c1CC(C)C. The average Bonchev–Trinajstić information content (AvgIpc) is 2.49. The van der Waals surface area contributed by atoms with E-state index in [2.05, 4.69) is 9.72 Å². The normalized spacial score (nSPS) is 14.5. The maximum atomic E-state index is 13.6. The molecule has 0 aliphatic carbocycles. The number of hydrogen-bond donors (Lipinski definition) is 0. The summed E-state index contributed by atoms with van der Waals surface area (Å²) in [7, 11) is 0.875. The van der Waals surface area contributed by atoms with Crippen LogP contribution in [-0.4, -0.2) is 42.0 Å². The molecule has 150 valence electrons. The third kappa shape index (κ3) is 4.19. The second kappa shape index (κ2) is 7.77. The van der Waals surface area contributed by atoms with Crippen LogP contribution in [0.25, 0.3) is 0 Å². The summed E-state index contributed by atoms with van der Waals surface area (Å²) in [6.45, 7) is 3.87. The Morgan fingerprint density at radius 3 is 2.15 bits per heavy atom. The van der Waals surface area contributed by atoms with Crippen molar-refractivity contribution in [2.24, 2.45) is 5.92 Å². The minimum absolute atomic E-state index is 0.190. The molecular weight excluding hydrogens is 375 g/mol. The van der Waals surface area contributed by atoms with E-state index in [4.69, 9.17) is 0 Å².